The molecule has 0 saturated carbocycles. The molecule has 3 heteroatoms. The van der Waals surface area contributed by atoms with E-state index in [1.165, 1.54) is 0 Å². The third kappa shape index (κ3) is 3.01. The minimum absolute atomic E-state index is 0.218. The third-order valence-corrected chi connectivity index (χ3v) is 7.58. The van der Waals surface area contributed by atoms with Crippen molar-refractivity contribution in [1.29, 1.82) is 0 Å². The second kappa shape index (κ2) is 4.50. The van der Waals surface area contributed by atoms with Crippen LogP contribution in [0.15, 0.2) is 24.3 Å². The van der Waals surface area contributed by atoms with Crippen molar-refractivity contribution in [3.63, 3.8) is 0 Å². The van der Waals surface area contributed by atoms with Gasteiger partial charge in [0.2, 0.25) is 8.32 Å². The third-order valence-electron chi connectivity index (χ3n) is 3.22. The lowest BCUT2D eigenvalue weighted by Crippen LogP contribution is -2.43. The minimum atomic E-state index is -1.74. The molecular weight excluding hydrogens is 216 g/mol. The average Bonchev–Trinajstić information content (AvgIpc) is 2.15. The van der Waals surface area contributed by atoms with Gasteiger partial charge < -0.3 is 9.16 Å². The van der Waals surface area contributed by atoms with E-state index in [9.17, 15) is 0 Å². The number of hydrogen-bond acceptors (Lipinski definition) is 2. The van der Waals surface area contributed by atoms with Gasteiger partial charge in [-0.2, -0.15) is 0 Å². The van der Waals surface area contributed by atoms with Crippen LogP contribution in [0.2, 0.25) is 18.1 Å². The molecule has 90 valence electrons. The van der Waals surface area contributed by atoms with Crippen LogP contribution in [0.25, 0.3) is 0 Å². The molecular formula is C13H22O2Si. The summed E-state index contributed by atoms with van der Waals surface area (Å²) in [5.41, 5.74) is 0. The molecule has 16 heavy (non-hydrogen) atoms. The molecule has 0 amide bonds. The molecule has 0 unspecified atom stereocenters. The summed E-state index contributed by atoms with van der Waals surface area (Å²) in [6, 6.07) is 7.82. The predicted molar refractivity (Wildman–Crippen MR) is 70.8 cm³/mol. The molecule has 0 aliphatic heterocycles. The van der Waals surface area contributed by atoms with Crippen LogP contribution in [0.1, 0.15) is 20.8 Å². The van der Waals surface area contributed by atoms with Crippen molar-refractivity contribution in [2.75, 3.05) is 7.11 Å². The van der Waals surface area contributed by atoms with Crippen LogP contribution >= 0.6 is 0 Å². The number of methoxy groups -OCH3 is 1. The molecule has 0 spiro atoms. The average molecular weight is 238 g/mol. The molecule has 0 N–H and O–H groups in total. The second-order valence-corrected chi connectivity index (χ2v) is 10.3. The first-order chi connectivity index (χ1) is 7.26. The molecule has 0 aliphatic rings. The summed E-state index contributed by atoms with van der Waals surface area (Å²) in [4.78, 5) is 0. The summed E-state index contributed by atoms with van der Waals surface area (Å²) in [7, 11) is -0.0649. The van der Waals surface area contributed by atoms with Gasteiger partial charge in [0.05, 0.1) is 7.11 Å². The van der Waals surface area contributed by atoms with Gasteiger partial charge in [-0.15, -0.1) is 0 Å². The Labute approximate surface area is 99.7 Å². The maximum Gasteiger partial charge on any atom is 0.250 e. The minimum Gasteiger partial charge on any atom is -0.543 e. The van der Waals surface area contributed by atoms with Crippen LogP contribution in [0.3, 0.4) is 0 Å². The van der Waals surface area contributed by atoms with Crippen molar-refractivity contribution in [1.82, 2.24) is 0 Å². The first-order valence-electron chi connectivity index (χ1n) is 5.59. The fraction of sp³-hybridized carbons (Fsp3) is 0.538. The van der Waals surface area contributed by atoms with E-state index >= 15 is 0 Å². The smallest absolute Gasteiger partial charge is 0.250 e. The second-order valence-electron chi connectivity index (χ2n) is 5.54. The highest BCUT2D eigenvalue weighted by Crippen LogP contribution is 2.37. The normalized spacial score (nSPS) is 12.4. The summed E-state index contributed by atoms with van der Waals surface area (Å²) in [5.74, 6) is 1.75. The highest BCUT2D eigenvalue weighted by molar-refractivity contribution is 6.74. The molecule has 0 bridgehead atoms. The number of ether oxygens (including phenoxy) is 1. The Balaban J connectivity index is 2.88. The van der Waals surface area contributed by atoms with E-state index in [1.807, 2.05) is 24.3 Å². The molecule has 2 nitrogen and oxygen atoms in total. The van der Waals surface area contributed by atoms with Gasteiger partial charge in [0, 0.05) is 6.07 Å². The van der Waals surface area contributed by atoms with E-state index < -0.39 is 8.32 Å². The Hall–Kier alpha value is -0.963. The zero-order chi connectivity index (χ0) is 12.4. The Morgan fingerprint density at radius 2 is 1.62 bits per heavy atom. The van der Waals surface area contributed by atoms with E-state index in [2.05, 4.69) is 33.9 Å². The van der Waals surface area contributed by atoms with Crippen molar-refractivity contribution >= 4 is 8.32 Å². The quantitative estimate of drug-likeness (QED) is 0.739. The first-order valence-corrected chi connectivity index (χ1v) is 8.50. The van der Waals surface area contributed by atoms with Crippen molar-refractivity contribution in [2.24, 2.45) is 0 Å². The Kier molecular flexibility index (Phi) is 3.68. The monoisotopic (exact) mass is 238 g/mol. The molecule has 0 heterocycles. The van der Waals surface area contributed by atoms with Crippen molar-refractivity contribution in [3.05, 3.63) is 24.3 Å². The lowest BCUT2D eigenvalue weighted by atomic mass is 10.2. The van der Waals surface area contributed by atoms with E-state index in [-0.39, 0.29) is 5.04 Å². The first kappa shape index (κ1) is 13.1. The van der Waals surface area contributed by atoms with Gasteiger partial charge in [0.1, 0.15) is 11.5 Å². The van der Waals surface area contributed by atoms with Crippen LogP contribution in [-0.2, 0) is 0 Å². The van der Waals surface area contributed by atoms with Gasteiger partial charge in [0.15, 0.2) is 0 Å². The Bertz CT molecular complexity index is 353. The van der Waals surface area contributed by atoms with Crippen LogP contribution in [-0.4, -0.2) is 15.4 Å². The fourth-order valence-electron chi connectivity index (χ4n) is 1.11. The number of rotatable bonds is 3. The van der Waals surface area contributed by atoms with Gasteiger partial charge in [-0.25, -0.2) is 0 Å². The summed E-state index contributed by atoms with van der Waals surface area (Å²) >= 11 is 0. The summed E-state index contributed by atoms with van der Waals surface area (Å²) in [5, 5.41) is 0.218. The molecule has 0 aromatic heterocycles. The largest absolute Gasteiger partial charge is 0.543 e. The van der Waals surface area contributed by atoms with Gasteiger partial charge >= 0.3 is 0 Å². The highest BCUT2D eigenvalue weighted by Gasteiger charge is 2.38. The van der Waals surface area contributed by atoms with Crippen LogP contribution in [0, 0.1) is 0 Å². The Morgan fingerprint density at radius 3 is 2.12 bits per heavy atom. The predicted octanol–water partition coefficient (Wildman–Crippen LogP) is 4.08. The highest BCUT2D eigenvalue weighted by atomic mass is 28.4. The lowest BCUT2D eigenvalue weighted by Gasteiger charge is -2.36. The number of hydrogen-bond donors (Lipinski definition) is 0. The van der Waals surface area contributed by atoms with Gasteiger partial charge in [-0.05, 0) is 30.3 Å². The van der Waals surface area contributed by atoms with Gasteiger partial charge in [0.25, 0.3) is 0 Å². The SMILES string of the molecule is COc1cccc(O[Si](C)(C)C(C)(C)C)c1. The molecule has 0 radical (unpaired) electrons. The lowest BCUT2D eigenvalue weighted by molar-refractivity contribution is 0.410. The standard InChI is InChI=1S/C13H22O2Si/c1-13(2,3)16(5,6)15-12-9-7-8-11(10-12)14-4/h7-10H,1-6H3. The van der Waals surface area contributed by atoms with E-state index in [4.69, 9.17) is 9.16 Å². The zero-order valence-corrected chi connectivity index (χ0v) is 12.1. The van der Waals surface area contributed by atoms with E-state index in [0.717, 1.165) is 11.5 Å². The van der Waals surface area contributed by atoms with E-state index in [1.54, 1.807) is 7.11 Å². The van der Waals surface area contributed by atoms with Crippen molar-refractivity contribution in [3.8, 4) is 11.5 Å². The van der Waals surface area contributed by atoms with Crippen LogP contribution in [0.5, 0.6) is 11.5 Å². The Morgan fingerprint density at radius 1 is 1.06 bits per heavy atom. The van der Waals surface area contributed by atoms with Crippen LogP contribution < -0.4 is 9.16 Å². The molecule has 0 fully saturated rings. The van der Waals surface area contributed by atoms with Gasteiger partial charge in [-0.1, -0.05) is 26.8 Å². The van der Waals surface area contributed by atoms with Crippen molar-refractivity contribution < 1.29 is 9.16 Å². The molecule has 1 aromatic carbocycles. The number of benzene rings is 1. The molecule has 1 aromatic rings. The maximum atomic E-state index is 6.17. The van der Waals surface area contributed by atoms with Crippen molar-refractivity contribution in [2.45, 2.75) is 38.9 Å². The van der Waals surface area contributed by atoms with E-state index in [0.29, 0.717) is 0 Å². The summed E-state index contributed by atoms with van der Waals surface area (Å²) in [6.07, 6.45) is 0. The summed E-state index contributed by atoms with van der Waals surface area (Å²) in [6.45, 7) is 11.2. The fourth-order valence-corrected chi connectivity index (χ4v) is 2.13. The molecule has 1 rings (SSSR count). The van der Waals surface area contributed by atoms with Crippen LogP contribution in [0.4, 0.5) is 0 Å². The topological polar surface area (TPSA) is 18.5 Å². The van der Waals surface area contributed by atoms with Gasteiger partial charge in [-0.3, -0.25) is 0 Å². The molecule has 0 atom stereocenters. The molecule has 0 aliphatic carbocycles. The molecule has 0 saturated heterocycles. The summed E-state index contributed by atoms with van der Waals surface area (Å²) < 4.78 is 11.4. The maximum absolute atomic E-state index is 6.17. The zero-order valence-electron chi connectivity index (χ0n) is 11.1.